The highest BCUT2D eigenvalue weighted by Gasteiger charge is 2.14. The van der Waals surface area contributed by atoms with Crippen LogP contribution in [0.2, 0.25) is 0 Å². The molecule has 0 aliphatic carbocycles. The fraction of sp³-hybridized carbons (Fsp3) is 0.111. The number of anilines is 1. The van der Waals surface area contributed by atoms with Crippen LogP contribution in [0.25, 0.3) is 10.9 Å². The summed E-state index contributed by atoms with van der Waals surface area (Å²) in [6, 6.07) is 8.00. The van der Waals surface area contributed by atoms with Crippen molar-refractivity contribution >= 4 is 22.5 Å². The Hall–Kier alpha value is -3.09. The largest absolute Gasteiger partial charge is 0.333 e. The SMILES string of the molecule is Cc1cc(=O)c2cccc(F)c2n1CC(=O)Nc1cc(F)cc(F)c1. The number of pyridine rings is 1. The number of aromatic nitrogens is 1. The number of benzene rings is 2. The lowest BCUT2D eigenvalue weighted by atomic mass is 10.1. The Morgan fingerprint density at radius 3 is 2.44 bits per heavy atom. The summed E-state index contributed by atoms with van der Waals surface area (Å²) in [6.07, 6.45) is 0. The zero-order valence-electron chi connectivity index (χ0n) is 13.1. The van der Waals surface area contributed by atoms with Crippen LogP contribution in [0.4, 0.5) is 18.9 Å². The highest BCUT2D eigenvalue weighted by atomic mass is 19.1. The minimum atomic E-state index is -0.827. The molecular formula is C18H13F3N2O2. The Labute approximate surface area is 140 Å². The van der Waals surface area contributed by atoms with E-state index < -0.39 is 23.4 Å². The zero-order chi connectivity index (χ0) is 18.1. The van der Waals surface area contributed by atoms with Crippen LogP contribution >= 0.6 is 0 Å². The van der Waals surface area contributed by atoms with Gasteiger partial charge in [0.25, 0.3) is 0 Å². The number of nitrogens with one attached hydrogen (secondary N) is 1. The van der Waals surface area contributed by atoms with Gasteiger partial charge >= 0.3 is 0 Å². The van der Waals surface area contributed by atoms with Gasteiger partial charge in [-0.15, -0.1) is 0 Å². The average molecular weight is 346 g/mol. The van der Waals surface area contributed by atoms with Gasteiger partial charge in [-0.05, 0) is 31.2 Å². The quantitative estimate of drug-likeness (QED) is 0.791. The second-order valence-electron chi connectivity index (χ2n) is 5.58. The minimum Gasteiger partial charge on any atom is -0.333 e. The van der Waals surface area contributed by atoms with Crippen LogP contribution in [0.3, 0.4) is 0 Å². The molecule has 1 N–H and O–H groups in total. The number of amides is 1. The monoisotopic (exact) mass is 346 g/mol. The molecule has 0 saturated heterocycles. The third kappa shape index (κ3) is 3.40. The van der Waals surface area contributed by atoms with Crippen molar-refractivity contribution in [2.24, 2.45) is 0 Å². The molecule has 0 spiro atoms. The molecule has 7 heteroatoms. The fourth-order valence-corrected chi connectivity index (χ4v) is 2.68. The second-order valence-corrected chi connectivity index (χ2v) is 5.58. The first-order chi connectivity index (χ1) is 11.8. The van der Waals surface area contributed by atoms with Crippen molar-refractivity contribution in [3.05, 3.63) is 75.8 Å². The molecular weight excluding hydrogens is 333 g/mol. The van der Waals surface area contributed by atoms with E-state index in [0.29, 0.717) is 11.8 Å². The lowest BCUT2D eigenvalue weighted by Crippen LogP contribution is -2.23. The van der Waals surface area contributed by atoms with Gasteiger partial charge in [0.15, 0.2) is 5.43 Å². The topological polar surface area (TPSA) is 51.1 Å². The molecule has 4 nitrogen and oxygen atoms in total. The van der Waals surface area contributed by atoms with Crippen molar-refractivity contribution < 1.29 is 18.0 Å². The van der Waals surface area contributed by atoms with Crippen LogP contribution in [-0.4, -0.2) is 10.5 Å². The van der Waals surface area contributed by atoms with E-state index in [4.69, 9.17) is 0 Å². The van der Waals surface area contributed by atoms with Gasteiger partial charge < -0.3 is 9.88 Å². The molecule has 0 atom stereocenters. The normalized spacial score (nSPS) is 10.9. The van der Waals surface area contributed by atoms with Gasteiger partial charge in [0.05, 0.1) is 5.52 Å². The molecule has 0 fully saturated rings. The molecule has 0 bridgehead atoms. The van der Waals surface area contributed by atoms with E-state index in [9.17, 15) is 22.8 Å². The van der Waals surface area contributed by atoms with Gasteiger partial charge in [0.1, 0.15) is 24.0 Å². The first-order valence-electron chi connectivity index (χ1n) is 7.40. The average Bonchev–Trinajstić information content (AvgIpc) is 2.50. The van der Waals surface area contributed by atoms with Crippen molar-refractivity contribution in [1.29, 1.82) is 0 Å². The molecule has 0 saturated carbocycles. The van der Waals surface area contributed by atoms with Gasteiger partial charge in [-0.1, -0.05) is 6.07 Å². The molecule has 0 unspecified atom stereocenters. The fourth-order valence-electron chi connectivity index (χ4n) is 2.68. The molecule has 1 heterocycles. The standard InChI is InChI=1S/C18H13F3N2O2/c1-10-5-16(24)14-3-2-4-15(21)18(14)23(10)9-17(25)22-13-7-11(19)6-12(20)8-13/h2-8H,9H2,1H3,(H,22,25). The summed E-state index contributed by atoms with van der Waals surface area (Å²) in [5, 5.41) is 2.51. The maximum absolute atomic E-state index is 14.2. The van der Waals surface area contributed by atoms with Crippen molar-refractivity contribution in [3.8, 4) is 0 Å². The number of fused-ring (bicyclic) bond motifs is 1. The van der Waals surface area contributed by atoms with Crippen LogP contribution < -0.4 is 10.7 Å². The molecule has 1 amide bonds. The number of hydrogen-bond donors (Lipinski definition) is 1. The lowest BCUT2D eigenvalue weighted by Gasteiger charge is -2.15. The van der Waals surface area contributed by atoms with Crippen LogP contribution in [0.5, 0.6) is 0 Å². The molecule has 1 aromatic heterocycles. The maximum Gasteiger partial charge on any atom is 0.244 e. The maximum atomic E-state index is 14.2. The van der Waals surface area contributed by atoms with Gasteiger partial charge in [0, 0.05) is 28.9 Å². The van der Waals surface area contributed by atoms with Gasteiger partial charge in [-0.25, -0.2) is 13.2 Å². The van der Waals surface area contributed by atoms with E-state index in [1.165, 1.54) is 28.8 Å². The lowest BCUT2D eigenvalue weighted by molar-refractivity contribution is -0.116. The predicted octanol–water partition coefficient (Wildman–Crippen LogP) is 3.37. The zero-order valence-corrected chi connectivity index (χ0v) is 13.1. The Bertz CT molecular complexity index is 1020. The smallest absolute Gasteiger partial charge is 0.244 e. The summed E-state index contributed by atoms with van der Waals surface area (Å²) >= 11 is 0. The predicted molar refractivity (Wildman–Crippen MR) is 87.9 cm³/mol. The van der Waals surface area contributed by atoms with Crippen LogP contribution in [0, 0.1) is 24.4 Å². The third-order valence-corrected chi connectivity index (χ3v) is 3.74. The van der Waals surface area contributed by atoms with E-state index in [0.717, 1.165) is 12.1 Å². The van der Waals surface area contributed by atoms with Crippen molar-refractivity contribution in [2.45, 2.75) is 13.5 Å². The Morgan fingerprint density at radius 2 is 1.76 bits per heavy atom. The summed E-state index contributed by atoms with van der Waals surface area (Å²) in [6.45, 7) is 1.25. The number of nitrogens with zero attached hydrogens (tertiary/aromatic N) is 1. The molecule has 25 heavy (non-hydrogen) atoms. The summed E-state index contributed by atoms with van der Waals surface area (Å²) < 4.78 is 41.9. The Kier molecular flexibility index (Phi) is 4.31. The number of rotatable bonds is 3. The molecule has 2 aromatic carbocycles. The Morgan fingerprint density at radius 1 is 1.08 bits per heavy atom. The van der Waals surface area contributed by atoms with Crippen LogP contribution in [0.1, 0.15) is 5.69 Å². The number of halogens is 3. The molecule has 0 radical (unpaired) electrons. The number of carbonyl (C=O) groups excluding carboxylic acids is 1. The van der Waals surface area contributed by atoms with Crippen molar-refractivity contribution in [1.82, 2.24) is 4.57 Å². The van der Waals surface area contributed by atoms with Crippen molar-refractivity contribution in [2.75, 3.05) is 5.32 Å². The number of hydrogen-bond acceptors (Lipinski definition) is 2. The van der Waals surface area contributed by atoms with Crippen LogP contribution in [0.15, 0.2) is 47.3 Å². The van der Waals surface area contributed by atoms with Gasteiger partial charge in [-0.2, -0.15) is 0 Å². The summed E-state index contributed by atoms with van der Waals surface area (Å²) in [4.78, 5) is 24.2. The highest BCUT2D eigenvalue weighted by molar-refractivity contribution is 5.92. The third-order valence-electron chi connectivity index (χ3n) is 3.74. The highest BCUT2D eigenvalue weighted by Crippen LogP contribution is 2.18. The number of carbonyl (C=O) groups is 1. The Balaban J connectivity index is 1.97. The molecule has 0 aliphatic rings. The van der Waals surface area contributed by atoms with E-state index in [2.05, 4.69) is 5.32 Å². The molecule has 128 valence electrons. The molecule has 3 aromatic rings. The summed E-state index contributed by atoms with van der Waals surface area (Å²) in [5.74, 6) is -2.90. The summed E-state index contributed by atoms with van der Waals surface area (Å²) in [7, 11) is 0. The minimum absolute atomic E-state index is 0.00747. The number of para-hydroxylation sites is 1. The first kappa shape index (κ1) is 16.8. The molecule has 3 rings (SSSR count). The van der Waals surface area contributed by atoms with E-state index >= 15 is 0 Å². The first-order valence-corrected chi connectivity index (χ1v) is 7.40. The van der Waals surface area contributed by atoms with E-state index in [1.807, 2.05) is 0 Å². The van der Waals surface area contributed by atoms with E-state index in [1.54, 1.807) is 6.92 Å². The van der Waals surface area contributed by atoms with Gasteiger partial charge in [0.2, 0.25) is 5.91 Å². The second kappa shape index (κ2) is 6.43. The van der Waals surface area contributed by atoms with E-state index in [-0.39, 0.29) is 28.6 Å². The van der Waals surface area contributed by atoms with Crippen molar-refractivity contribution in [3.63, 3.8) is 0 Å². The summed E-state index contributed by atoms with van der Waals surface area (Å²) in [5.41, 5.74) is -0.00178. The van der Waals surface area contributed by atoms with Gasteiger partial charge in [-0.3, -0.25) is 9.59 Å². The number of aryl methyl sites for hydroxylation is 1. The molecule has 0 aliphatic heterocycles. The van der Waals surface area contributed by atoms with Crippen LogP contribution in [-0.2, 0) is 11.3 Å².